The molecule has 0 radical (unpaired) electrons. The van der Waals surface area contributed by atoms with Gasteiger partial charge < -0.3 is 11.1 Å². The molecule has 2 amide bonds. The summed E-state index contributed by atoms with van der Waals surface area (Å²) in [6.07, 6.45) is 0. The lowest BCUT2D eigenvalue weighted by Gasteiger charge is -2.10. The molecular formula is C13H12ClN3O3S. The minimum Gasteiger partial charge on any atom is -0.398 e. The lowest BCUT2D eigenvalue weighted by molar-refractivity contribution is 0.256. The standard InChI is InChI=1S/C13H12ClN3O3S/c14-9-4-3-5-10(8-9)16-13(18)17-21(19,20)12-7-2-1-6-11(12)15/h1-8H,15H2,(H2,16,17,18). The summed E-state index contributed by atoms with van der Waals surface area (Å²) in [5.41, 5.74) is 6.01. The third-order valence-corrected chi connectivity index (χ3v) is 4.16. The SMILES string of the molecule is Nc1ccccc1S(=O)(=O)NC(=O)Nc1cccc(Cl)c1. The van der Waals surface area contributed by atoms with E-state index in [-0.39, 0.29) is 10.6 Å². The number of carbonyl (C=O) groups is 1. The Bertz CT molecular complexity index is 778. The second-order valence-electron chi connectivity index (χ2n) is 4.11. The molecule has 0 atom stereocenters. The Hall–Kier alpha value is -2.25. The second-order valence-corrected chi connectivity index (χ2v) is 6.20. The van der Waals surface area contributed by atoms with Crippen LogP contribution in [-0.4, -0.2) is 14.4 Å². The minimum absolute atomic E-state index is 0.0561. The van der Waals surface area contributed by atoms with Crippen molar-refractivity contribution in [1.82, 2.24) is 4.72 Å². The number of nitrogens with two attached hydrogens (primary N) is 1. The maximum atomic E-state index is 12.0. The molecule has 8 heteroatoms. The number of sulfonamides is 1. The van der Waals surface area contributed by atoms with E-state index in [0.29, 0.717) is 10.7 Å². The molecule has 0 saturated carbocycles. The van der Waals surface area contributed by atoms with Gasteiger partial charge in [0.1, 0.15) is 4.90 Å². The Kier molecular flexibility index (Phi) is 4.35. The topological polar surface area (TPSA) is 101 Å². The van der Waals surface area contributed by atoms with Crippen LogP contribution in [-0.2, 0) is 10.0 Å². The zero-order valence-corrected chi connectivity index (χ0v) is 12.3. The first kappa shape index (κ1) is 15.1. The lowest BCUT2D eigenvalue weighted by Crippen LogP contribution is -2.34. The molecule has 6 nitrogen and oxygen atoms in total. The largest absolute Gasteiger partial charge is 0.398 e. The number of rotatable bonds is 3. The van der Waals surface area contributed by atoms with E-state index < -0.39 is 16.1 Å². The number of halogens is 1. The average Bonchev–Trinajstić information content (AvgIpc) is 2.38. The van der Waals surface area contributed by atoms with Gasteiger partial charge in [0.2, 0.25) is 0 Å². The van der Waals surface area contributed by atoms with Crippen LogP contribution >= 0.6 is 11.6 Å². The van der Waals surface area contributed by atoms with Crippen LogP contribution in [0, 0.1) is 0 Å². The molecular weight excluding hydrogens is 314 g/mol. The first-order valence-corrected chi connectivity index (χ1v) is 7.68. The average molecular weight is 326 g/mol. The number of nitrogens with one attached hydrogen (secondary N) is 2. The Morgan fingerprint density at radius 1 is 1.10 bits per heavy atom. The number of carbonyl (C=O) groups excluding carboxylic acids is 1. The summed E-state index contributed by atoms with van der Waals surface area (Å²) in [5, 5.41) is 2.79. The molecule has 0 aliphatic rings. The molecule has 0 aromatic heterocycles. The molecule has 2 rings (SSSR count). The van der Waals surface area contributed by atoms with Gasteiger partial charge in [-0.25, -0.2) is 17.9 Å². The molecule has 0 bridgehead atoms. The Morgan fingerprint density at radius 3 is 2.48 bits per heavy atom. The predicted octanol–water partition coefficient (Wildman–Crippen LogP) is 2.43. The second kappa shape index (κ2) is 6.02. The highest BCUT2D eigenvalue weighted by molar-refractivity contribution is 7.90. The van der Waals surface area contributed by atoms with Crippen LogP contribution in [0.2, 0.25) is 5.02 Å². The Morgan fingerprint density at radius 2 is 1.81 bits per heavy atom. The fraction of sp³-hybridized carbons (Fsp3) is 0. The Labute approximate surface area is 127 Å². The monoisotopic (exact) mass is 325 g/mol. The van der Waals surface area contributed by atoms with Gasteiger partial charge in [-0.3, -0.25) is 0 Å². The van der Waals surface area contributed by atoms with Crippen LogP contribution in [0.4, 0.5) is 16.2 Å². The van der Waals surface area contributed by atoms with Crippen LogP contribution in [0.3, 0.4) is 0 Å². The van der Waals surface area contributed by atoms with E-state index in [9.17, 15) is 13.2 Å². The summed E-state index contributed by atoms with van der Waals surface area (Å²) in [6.45, 7) is 0. The summed E-state index contributed by atoms with van der Waals surface area (Å²) >= 11 is 5.77. The fourth-order valence-electron chi connectivity index (χ4n) is 1.63. The van der Waals surface area contributed by atoms with E-state index in [1.165, 1.54) is 24.3 Å². The predicted molar refractivity (Wildman–Crippen MR) is 81.6 cm³/mol. The van der Waals surface area contributed by atoms with Crippen molar-refractivity contribution in [2.75, 3.05) is 11.1 Å². The number of para-hydroxylation sites is 1. The molecule has 0 saturated heterocycles. The van der Waals surface area contributed by atoms with Crippen LogP contribution < -0.4 is 15.8 Å². The number of amides is 2. The van der Waals surface area contributed by atoms with Crippen molar-refractivity contribution in [2.45, 2.75) is 4.90 Å². The first-order valence-electron chi connectivity index (χ1n) is 5.82. The van der Waals surface area contributed by atoms with Gasteiger partial charge in [0.15, 0.2) is 0 Å². The molecule has 0 heterocycles. The van der Waals surface area contributed by atoms with E-state index in [1.54, 1.807) is 24.3 Å². The van der Waals surface area contributed by atoms with Gasteiger partial charge in [0.25, 0.3) is 10.0 Å². The van der Waals surface area contributed by atoms with Crippen molar-refractivity contribution in [3.8, 4) is 0 Å². The molecule has 0 aliphatic carbocycles. The third-order valence-electron chi connectivity index (χ3n) is 2.52. The first-order chi connectivity index (χ1) is 9.88. The summed E-state index contributed by atoms with van der Waals surface area (Å²) < 4.78 is 26.0. The summed E-state index contributed by atoms with van der Waals surface area (Å²) in [7, 11) is -4.04. The number of hydrogen-bond acceptors (Lipinski definition) is 4. The van der Waals surface area contributed by atoms with Gasteiger partial charge in [-0.15, -0.1) is 0 Å². The van der Waals surface area contributed by atoms with E-state index >= 15 is 0 Å². The van der Waals surface area contributed by atoms with Gasteiger partial charge in [-0.05, 0) is 30.3 Å². The maximum absolute atomic E-state index is 12.0. The van der Waals surface area contributed by atoms with Crippen molar-refractivity contribution in [2.24, 2.45) is 0 Å². The van der Waals surface area contributed by atoms with Crippen LogP contribution in [0.5, 0.6) is 0 Å². The number of hydrogen-bond donors (Lipinski definition) is 3. The fourth-order valence-corrected chi connectivity index (χ4v) is 2.86. The zero-order chi connectivity index (χ0) is 15.5. The highest BCUT2D eigenvalue weighted by atomic mass is 35.5. The molecule has 0 fully saturated rings. The zero-order valence-electron chi connectivity index (χ0n) is 10.7. The van der Waals surface area contributed by atoms with Gasteiger partial charge >= 0.3 is 6.03 Å². The van der Waals surface area contributed by atoms with Gasteiger partial charge in [-0.1, -0.05) is 29.8 Å². The van der Waals surface area contributed by atoms with Crippen molar-refractivity contribution in [3.05, 3.63) is 53.6 Å². The molecule has 4 N–H and O–H groups in total. The van der Waals surface area contributed by atoms with Crippen LogP contribution in [0.1, 0.15) is 0 Å². The van der Waals surface area contributed by atoms with Crippen LogP contribution in [0.15, 0.2) is 53.4 Å². The highest BCUT2D eigenvalue weighted by Crippen LogP contribution is 2.18. The minimum atomic E-state index is -4.04. The van der Waals surface area contributed by atoms with Gasteiger partial charge in [0.05, 0.1) is 5.69 Å². The number of nitrogen functional groups attached to an aromatic ring is 1. The van der Waals surface area contributed by atoms with E-state index in [1.807, 2.05) is 4.72 Å². The summed E-state index contributed by atoms with van der Waals surface area (Å²) in [6, 6.07) is 11.3. The molecule has 21 heavy (non-hydrogen) atoms. The normalized spacial score (nSPS) is 10.9. The molecule has 0 spiro atoms. The number of urea groups is 1. The number of benzene rings is 2. The van der Waals surface area contributed by atoms with Crippen molar-refractivity contribution < 1.29 is 13.2 Å². The molecule has 2 aromatic carbocycles. The molecule has 2 aromatic rings. The quantitative estimate of drug-likeness (QED) is 0.754. The third kappa shape index (κ3) is 3.87. The van der Waals surface area contributed by atoms with Crippen LogP contribution in [0.25, 0.3) is 0 Å². The molecule has 0 aliphatic heterocycles. The highest BCUT2D eigenvalue weighted by Gasteiger charge is 2.19. The smallest absolute Gasteiger partial charge is 0.333 e. The summed E-state index contributed by atoms with van der Waals surface area (Å²) in [5.74, 6) is 0. The van der Waals surface area contributed by atoms with Gasteiger partial charge in [0, 0.05) is 10.7 Å². The lowest BCUT2D eigenvalue weighted by atomic mass is 10.3. The number of anilines is 2. The maximum Gasteiger partial charge on any atom is 0.333 e. The van der Waals surface area contributed by atoms with Crippen molar-refractivity contribution in [1.29, 1.82) is 0 Å². The van der Waals surface area contributed by atoms with E-state index in [4.69, 9.17) is 17.3 Å². The molecule has 110 valence electrons. The Balaban J connectivity index is 2.14. The van der Waals surface area contributed by atoms with Gasteiger partial charge in [-0.2, -0.15) is 0 Å². The summed E-state index contributed by atoms with van der Waals surface area (Å²) in [4.78, 5) is 11.6. The van der Waals surface area contributed by atoms with E-state index in [2.05, 4.69) is 5.32 Å². The van der Waals surface area contributed by atoms with Crippen molar-refractivity contribution in [3.63, 3.8) is 0 Å². The molecule has 0 unspecified atom stereocenters. The van der Waals surface area contributed by atoms with Crippen molar-refractivity contribution >= 4 is 39.0 Å². The van der Waals surface area contributed by atoms with E-state index in [0.717, 1.165) is 0 Å².